The number of carbonyl (C=O) groups is 1. The number of anilines is 1. The van der Waals surface area contributed by atoms with Crippen LogP contribution in [-0.4, -0.2) is 56.4 Å². The highest BCUT2D eigenvalue weighted by molar-refractivity contribution is 7.89. The Balaban J connectivity index is 1.66. The number of carbonyl (C=O) groups excluding carboxylic acids is 1. The van der Waals surface area contributed by atoms with Gasteiger partial charge in [-0.05, 0) is 43.3 Å². The Kier molecular flexibility index (Phi) is 6.14. The van der Waals surface area contributed by atoms with Gasteiger partial charge in [-0.1, -0.05) is 0 Å². The summed E-state index contributed by atoms with van der Waals surface area (Å²) in [7, 11) is -3.68. The van der Waals surface area contributed by atoms with Crippen LogP contribution in [0, 0.1) is 10.1 Å². The Morgan fingerprint density at radius 2 is 1.62 bits per heavy atom. The number of nitrogens with zero attached hydrogens (tertiary/aromatic N) is 3. The zero-order valence-corrected chi connectivity index (χ0v) is 16.7. The van der Waals surface area contributed by atoms with Crippen LogP contribution in [0.5, 0.6) is 0 Å². The summed E-state index contributed by atoms with van der Waals surface area (Å²) >= 11 is 0. The highest BCUT2D eigenvalue weighted by atomic mass is 32.2. The quantitative estimate of drug-likeness (QED) is 0.401. The number of rotatable bonds is 6. The van der Waals surface area contributed by atoms with Gasteiger partial charge in [-0.25, -0.2) is 13.2 Å². The average Bonchev–Trinajstić information content (AvgIpc) is 2.74. The van der Waals surface area contributed by atoms with E-state index in [0.717, 1.165) is 5.69 Å². The number of sulfonamides is 1. The summed E-state index contributed by atoms with van der Waals surface area (Å²) in [6.45, 7) is 3.47. The Labute approximate surface area is 168 Å². The summed E-state index contributed by atoms with van der Waals surface area (Å²) in [6.07, 6.45) is 0. The molecule has 0 unspecified atom stereocenters. The van der Waals surface area contributed by atoms with Crippen LogP contribution in [0.3, 0.4) is 0 Å². The van der Waals surface area contributed by atoms with E-state index in [0.29, 0.717) is 31.7 Å². The van der Waals surface area contributed by atoms with E-state index in [1.807, 2.05) is 4.90 Å². The maximum atomic E-state index is 12.9. The summed E-state index contributed by atoms with van der Waals surface area (Å²) in [6, 6.07) is 11.9. The predicted octanol–water partition coefficient (Wildman–Crippen LogP) is 2.28. The molecule has 10 heteroatoms. The molecule has 1 fully saturated rings. The minimum Gasteiger partial charge on any atom is -0.462 e. The fourth-order valence-corrected chi connectivity index (χ4v) is 4.52. The molecule has 0 bridgehead atoms. The summed E-state index contributed by atoms with van der Waals surface area (Å²) in [5.41, 5.74) is 1.13. The van der Waals surface area contributed by atoms with Gasteiger partial charge in [0, 0.05) is 44.0 Å². The predicted molar refractivity (Wildman–Crippen MR) is 106 cm³/mol. The Morgan fingerprint density at radius 3 is 2.14 bits per heavy atom. The molecule has 0 aromatic heterocycles. The van der Waals surface area contributed by atoms with Gasteiger partial charge in [-0.15, -0.1) is 0 Å². The van der Waals surface area contributed by atoms with E-state index in [1.165, 1.54) is 40.7 Å². The first kappa shape index (κ1) is 20.7. The molecule has 9 nitrogen and oxygen atoms in total. The Bertz CT molecular complexity index is 982. The topological polar surface area (TPSA) is 110 Å². The monoisotopic (exact) mass is 419 g/mol. The number of hydrogen-bond acceptors (Lipinski definition) is 7. The number of esters is 1. The molecule has 2 aromatic rings. The second-order valence-corrected chi connectivity index (χ2v) is 8.35. The lowest BCUT2D eigenvalue weighted by molar-refractivity contribution is -0.384. The molecule has 0 N–H and O–H groups in total. The lowest BCUT2D eigenvalue weighted by Gasteiger charge is -2.35. The first-order valence-corrected chi connectivity index (χ1v) is 10.5. The van der Waals surface area contributed by atoms with Gasteiger partial charge in [-0.2, -0.15) is 4.31 Å². The third kappa shape index (κ3) is 4.54. The van der Waals surface area contributed by atoms with E-state index < -0.39 is 20.9 Å². The van der Waals surface area contributed by atoms with Crippen LogP contribution in [0.4, 0.5) is 11.4 Å². The van der Waals surface area contributed by atoms with E-state index in [4.69, 9.17) is 4.74 Å². The lowest BCUT2D eigenvalue weighted by Crippen LogP contribution is -2.48. The zero-order valence-electron chi connectivity index (χ0n) is 15.9. The molecular formula is C19H21N3O6S. The first-order chi connectivity index (χ1) is 13.8. The van der Waals surface area contributed by atoms with Crippen molar-refractivity contribution in [1.82, 2.24) is 4.31 Å². The van der Waals surface area contributed by atoms with Gasteiger partial charge in [0.15, 0.2) is 0 Å². The number of ether oxygens (including phenoxy) is 1. The molecule has 0 atom stereocenters. The average molecular weight is 419 g/mol. The van der Waals surface area contributed by atoms with Crippen molar-refractivity contribution >= 4 is 27.4 Å². The fraction of sp³-hybridized carbons (Fsp3) is 0.316. The molecular weight excluding hydrogens is 398 g/mol. The molecule has 1 heterocycles. The van der Waals surface area contributed by atoms with E-state index in [2.05, 4.69) is 0 Å². The van der Waals surface area contributed by atoms with Crippen LogP contribution in [0.2, 0.25) is 0 Å². The van der Waals surface area contributed by atoms with Crippen molar-refractivity contribution in [2.45, 2.75) is 11.8 Å². The molecule has 3 rings (SSSR count). The van der Waals surface area contributed by atoms with Gasteiger partial charge in [0.25, 0.3) is 5.69 Å². The Morgan fingerprint density at radius 1 is 1.03 bits per heavy atom. The van der Waals surface area contributed by atoms with Crippen molar-refractivity contribution in [3.8, 4) is 0 Å². The second-order valence-electron chi connectivity index (χ2n) is 6.41. The number of benzene rings is 2. The van der Waals surface area contributed by atoms with Gasteiger partial charge >= 0.3 is 5.97 Å². The Hall–Kier alpha value is -2.98. The molecule has 0 saturated carbocycles. The lowest BCUT2D eigenvalue weighted by atomic mass is 10.2. The minimum absolute atomic E-state index is 0.0150. The smallest absolute Gasteiger partial charge is 0.338 e. The summed E-state index contributed by atoms with van der Waals surface area (Å²) in [5.74, 6) is -0.492. The number of nitro groups is 1. The van der Waals surface area contributed by atoms with Crippen molar-refractivity contribution in [1.29, 1.82) is 0 Å². The van der Waals surface area contributed by atoms with Crippen LogP contribution in [0.25, 0.3) is 0 Å². The second kappa shape index (κ2) is 8.58. The van der Waals surface area contributed by atoms with Crippen LogP contribution < -0.4 is 4.90 Å². The molecule has 0 aliphatic carbocycles. The summed E-state index contributed by atoms with van der Waals surface area (Å²) in [4.78, 5) is 24.1. The molecule has 154 valence electrons. The van der Waals surface area contributed by atoms with Crippen LogP contribution in [0.15, 0.2) is 53.4 Å². The standard InChI is InChI=1S/C19H21N3O6S/c1-2-28-19(23)15-3-9-18(10-4-15)29(26,27)21-13-11-20(12-14-21)16-5-7-17(8-6-16)22(24)25/h3-10H,2,11-14H2,1H3. The van der Waals surface area contributed by atoms with E-state index in [1.54, 1.807) is 19.1 Å². The fourth-order valence-electron chi connectivity index (χ4n) is 3.10. The first-order valence-electron chi connectivity index (χ1n) is 9.09. The molecule has 1 saturated heterocycles. The number of nitro benzene ring substituents is 1. The number of hydrogen-bond donors (Lipinski definition) is 0. The molecule has 2 aromatic carbocycles. The van der Waals surface area contributed by atoms with E-state index >= 15 is 0 Å². The maximum Gasteiger partial charge on any atom is 0.338 e. The number of non-ortho nitro benzene ring substituents is 1. The van der Waals surface area contributed by atoms with Gasteiger partial charge in [0.05, 0.1) is 22.0 Å². The minimum atomic E-state index is -3.68. The van der Waals surface area contributed by atoms with Gasteiger partial charge in [0.1, 0.15) is 0 Å². The highest BCUT2D eigenvalue weighted by Crippen LogP contribution is 2.23. The number of piperazine rings is 1. The summed E-state index contributed by atoms with van der Waals surface area (Å²) in [5, 5.41) is 10.8. The zero-order chi connectivity index (χ0) is 21.0. The SMILES string of the molecule is CCOC(=O)c1ccc(S(=O)(=O)N2CCN(c3ccc([N+](=O)[O-])cc3)CC2)cc1. The van der Waals surface area contributed by atoms with Crippen LogP contribution >= 0.6 is 0 Å². The normalized spacial score (nSPS) is 15.1. The van der Waals surface area contributed by atoms with Crippen molar-refractivity contribution in [2.75, 3.05) is 37.7 Å². The van der Waals surface area contributed by atoms with Crippen molar-refractivity contribution < 1.29 is 22.9 Å². The molecule has 0 radical (unpaired) electrons. The van der Waals surface area contributed by atoms with Gasteiger partial charge in [0.2, 0.25) is 10.0 Å². The third-order valence-corrected chi connectivity index (χ3v) is 6.58. The molecule has 1 aliphatic heterocycles. The van der Waals surface area contributed by atoms with Crippen LogP contribution in [0.1, 0.15) is 17.3 Å². The molecule has 0 amide bonds. The molecule has 29 heavy (non-hydrogen) atoms. The maximum absolute atomic E-state index is 12.9. The van der Waals surface area contributed by atoms with E-state index in [-0.39, 0.29) is 17.2 Å². The van der Waals surface area contributed by atoms with Crippen LogP contribution in [-0.2, 0) is 14.8 Å². The van der Waals surface area contributed by atoms with Crippen molar-refractivity contribution in [3.63, 3.8) is 0 Å². The summed E-state index contributed by atoms with van der Waals surface area (Å²) < 4.78 is 32.0. The van der Waals surface area contributed by atoms with Gasteiger partial charge in [-0.3, -0.25) is 10.1 Å². The highest BCUT2D eigenvalue weighted by Gasteiger charge is 2.29. The van der Waals surface area contributed by atoms with Gasteiger partial charge < -0.3 is 9.64 Å². The molecule has 0 spiro atoms. The van der Waals surface area contributed by atoms with Crippen molar-refractivity contribution in [2.24, 2.45) is 0 Å². The third-order valence-electron chi connectivity index (χ3n) is 4.67. The largest absolute Gasteiger partial charge is 0.462 e. The molecule has 1 aliphatic rings. The van der Waals surface area contributed by atoms with Crippen molar-refractivity contribution in [3.05, 3.63) is 64.2 Å². The van der Waals surface area contributed by atoms with E-state index in [9.17, 15) is 23.3 Å².